The van der Waals surface area contributed by atoms with Gasteiger partial charge in [0.1, 0.15) is 12.4 Å². The molecule has 2 aromatic carbocycles. The minimum Gasteiger partial charge on any atom is -0.466 e. The van der Waals surface area contributed by atoms with Crippen molar-refractivity contribution in [1.82, 2.24) is 14.8 Å². The summed E-state index contributed by atoms with van der Waals surface area (Å²) in [5, 5.41) is 8.58. The van der Waals surface area contributed by atoms with Gasteiger partial charge in [-0.3, -0.25) is 0 Å². The zero-order valence-corrected chi connectivity index (χ0v) is 15.7. The molecule has 27 heavy (non-hydrogen) atoms. The number of fused-ring (bicyclic) bond motifs is 1. The zero-order valence-electron chi connectivity index (χ0n) is 14.2. The summed E-state index contributed by atoms with van der Waals surface area (Å²) < 4.78 is 6.70. The van der Waals surface area contributed by atoms with Gasteiger partial charge in [0, 0.05) is 15.6 Å². The molecule has 1 aliphatic rings. The monoisotopic (exact) mass is 400 g/mol. The molecule has 1 aliphatic heterocycles. The van der Waals surface area contributed by atoms with Crippen LogP contribution in [0.25, 0.3) is 5.70 Å². The van der Waals surface area contributed by atoms with Gasteiger partial charge in [-0.1, -0.05) is 53.5 Å². The molecular weight excluding hydrogens is 387 g/mol. The maximum Gasteiger partial charge on any atom is 0.338 e. The van der Waals surface area contributed by atoms with Crippen LogP contribution in [-0.4, -0.2) is 27.8 Å². The lowest BCUT2D eigenvalue weighted by Gasteiger charge is -2.29. The quantitative estimate of drug-likeness (QED) is 0.667. The van der Waals surface area contributed by atoms with Crippen molar-refractivity contribution in [3.05, 3.63) is 81.6 Å². The highest BCUT2D eigenvalue weighted by Crippen LogP contribution is 2.40. The van der Waals surface area contributed by atoms with Crippen LogP contribution >= 0.6 is 23.2 Å². The number of hydrogen-bond donors (Lipinski definition) is 1. The number of hydrogen-bond acceptors (Lipinski definition) is 5. The van der Waals surface area contributed by atoms with Gasteiger partial charge in [-0.05, 0) is 23.8 Å². The number of benzene rings is 2. The Morgan fingerprint density at radius 1 is 1.15 bits per heavy atom. The molecule has 0 fully saturated rings. The van der Waals surface area contributed by atoms with E-state index in [1.807, 2.05) is 30.3 Å². The van der Waals surface area contributed by atoms with Gasteiger partial charge in [0.25, 0.3) is 0 Å². The first-order chi connectivity index (χ1) is 13.1. The van der Waals surface area contributed by atoms with Crippen LogP contribution in [0.5, 0.6) is 0 Å². The molecule has 4 rings (SSSR count). The van der Waals surface area contributed by atoms with Gasteiger partial charge in [-0.15, -0.1) is 0 Å². The number of carbonyl (C=O) groups is 1. The van der Waals surface area contributed by atoms with E-state index >= 15 is 0 Å². The van der Waals surface area contributed by atoms with E-state index < -0.39 is 12.0 Å². The minimum absolute atomic E-state index is 0.380. The lowest BCUT2D eigenvalue weighted by molar-refractivity contribution is -0.136. The summed E-state index contributed by atoms with van der Waals surface area (Å²) in [6.07, 6.45) is 1.42. The molecule has 1 aromatic heterocycles. The van der Waals surface area contributed by atoms with Gasteiger partial charge in [-0.2, -0.15) is 10.1 Å². The Morgan fingerprint density at radius 3 is 2.59 bits per heavy atom. The molecule has 0 saturated heterocycles. The van der Waals surface area contributed by atoms with E-state index in [1.54, 1.807) is 22.9 Å². The van der Waals surface area contributed by atoms with E-state index in [0.717, 1.165) is 11.1 Å². The number of nitrogens with zero attached hydrogens (tertiary/aromatic N) is 3. The molecule has 0 saturated carbocycles. The van der Waals surface area contributed by atoms with Crippen LogP contribution in [0.2, 0.25) is 10.0 Å². The average molecular weight is 401 g/mol. The van der Waals surface area contributed by atoms with Crippen LogP contribution in [0.4, 0.5) is 5.95 Å². The molecule has 0 radical (unpaired) electrons. The highest BCUT2D eigenvalue weighted by atomic mass is 35.5. The molecule has 2 heterocycles. The van der Waals surface area contributed by atoms with Crippen molar-refractivity contribution < 1.29 is 9.53 Å². The third-order valence-electron chi connectivity index (χ3n) is 4.34. The van der Waals surface area contributed by atoms with Crippen LogP contribution in [0, 0.1) is 0 Å². The number of aromatic nitrogens is 3. The summed E-state index contributed by atoms with van der Waals surface area (Å²) in [5.74, 6) is 0.0102. The molecule has 1 N–H and O–H groups in total. The fraction of sp³-hybridized carbons (Fsp3) is 0.105. The maximum absolute atomic E-state index is 12.8. The lowest BCUT2D eigenvalue weighted by Crippen LogP contribution is -2.29. The highest BCUT2D eigenvalue weighted by Gasteiger charge is 2.36. The molecule has 0 spiro atoms. The molecule has 0 bridgehead atoms. The van der Waals surface area contributed by atoms with Gasteiger partial charge < -0.3 is 10.1 Å². The number of methoxy groups -OCH3 is 1. The number of anilines is 1. The number of rotatable bonds is 3. The third kappa shape index (κ3) is 3.07. The fourth-order valence-corrected chi connectivity index (χ4v) is 3.48. The van der Waals surface area contributed by atoms with Gasteiger partial charge in [0.2, 0.25) is 5.95 Å². The van der Waals surface area contributed by atoms with Gasteiger partial charge in [-0.25, -0.2) is 9.48 Å². The Kier molecular flexibility index (Phi) is 4.59. The van der Waals surface area contributed by atoms with Gasteiger partial charge >= 0.3 is 5.97 Å². The summed E-state index contributed by atoms with van der Waals surface area (Å²) >= 11 is 12.5. The van der Waals surface area contributed by atoms with E-state index in [1.165, 1.54) is 13.4 Å². The SMILES string of the molecule is COC(=O)C1=C(c2ccc(Cl)cc2)Nc2ncnn2[C@@H]1c1ccccc1Cl. The topological polar surface area (TPSA) is 69.0 Å². The first kappa shape index (κ1) is 17.6. The first-order valence-electron chi connectivity index (χ1n) is 8.09. The first-order valence-corrected chi connectivity index (χ1v) is 8.85. The number of ether oxygens (including phenoxy) is 1. The van der Waals surface area contributed by atoms with Gasteiger partial charge in [0.05, 0.1) is 18.4 Å². The molecule has 3 aromatic rings. The Bertz CT molecular complexity index is 1040. The normalized spacial score (nSPS) is 15.9. The molecule has 1 atom stereocenters. The van der Waals surface area contributed by atoms with Crippen molar-refractivity contribution in [2.75, 3.05) is 12.4 Å². The molecule has 0 aliphatic carbocycles. The molecule has 0 unspecified atom stereocenters. The standard InChI is InChI=1S/C19H14Cl2N4O2/c1-27-18(26)15-16(11-6-8-12(20)9-7-11)24-19-22-10-23-25(19)17(15)13-4-2-3-5-14(13)21/h2-10,17H,1H3,(H,22,23,24)/t17-/m1/s1. The third-order valence-corrected chi connectivity index (χ3v) is 4.93. The van der Waals surface area contributed by atoms with Crippen molar-refractivity contribution in [1.29, 1.82) is 0 Å². The second-order valence-electron chi connectivity index (χ2n) is 5.86. The minimum atomic E-state index is -0.587. The highest BCUT2D eigenvalue weighted by molar-refractivity contribution is 6.31. The second-order valence-corrected chi connectivity index (χ2v) is 6.71. The predicted octanol–water partition coefficient (Wildman–Crippen LogP) is 4.18. The summed E-state index contributed by atoms with van der Waals surface area (Å²) in [5.41, 5.74) is 2.44. The van der Waals surface area contributed by atoms with Crippen LogP contribution in [0.1, 0.15) is 17.2 Å². The average Bonchev–Trinajstić information content (AvgIpc) is 3.15. The predicted molar refractivity (Wildman–Crippen MR) is 104 cm³/mol. The summed E-state index contributed by atoms with van der Waals surface area (Å²) in [4.78, 5) is 17.1. The number of carbonyl (C=O) groups excluding carboxylic acids is 1. The smallest absolute Gasteiger partial charge is 0.338 e. The van der Waals surface area contributed by atoms with Crippen molar-refractivity contribution in [3.63, 3.8) is 0 Å². The van der Waals surface area contributed by atoms with Gasteiger partial charge in [0.15, 0.2) is 0 Å². The molecular formula is C19H14Cl2N4O2. The molecule has 0 amide bonds. The molecule has 8 heteroatoms. The zero-order chi connectivity index (χ0) is 19.0. The number of esters is 1. The summed E-state index contributed by atoms with van der Waals surface area (Å²) in [7, 11) is 1.34. The number of halogens is 2. The van der Waals surface area contributed by atoms with Crippen molar-refractivity contribution in [2.24, 2.45) is 0 Å². The Morgan fingerprint density at radius 2 is 1.89 bits per heavy atom. The maximum atomic E-state index is 12.8. The van der Waals surface area contributed by atoms with E-state index in [2.05, 4.69) is 15.4 Å². The van der Waals surface area contributed by atoms with Crippen molar-refractivity contribution >= 4 is 40.8 Å². The van der Waals surface area contributed by atoms with Crippen LogP contribution < -0.4 is 5.32 Å². The van der Waals surface area contributed by atoms with E-state index in [9.17, 15) is 4.79 Å². The Balaban J connectivity index is 2.00. The Labute approximate surface area is 165 Å². The Hall–Kier alpha value is -2.83. The fourth-order valence-electron chi connectivity index (χ4n) is 3.12. The van der Waals surface area contributed by atoms with E-state index in [-0.39, 0.29) is 0 Å². The van der Waals surface area contributed by atoms with E-state index in [0.29, 0.717) is 27.3 Å². The van der Waals surface area contributed by atoms with E-state index in [4.69, 9.17) is 27.9 Å². The molecule has 136 valence electrons. The largest absolute Gasteiger partial charge is 0.466 e. The van der Waals surface area contributed by atoms with Crippen LogP contribution in [0.15, 0.2) is 60.4 Å². The van der Waals surface area contributed by atoms with Crippen LogP contribution in [-0.2, 0) is 9.53 Å². The lowest BCUT2D eigenvalue weighted by atomic mass is 9.93. The summed E-state index contributed by atoms with van der Waals surface area (Å²) in [6.45, 7) is 0. The van der Waals surface area contributed by atoms with Crippen molar-refractivity contribution in [3.8, 4) is 0 Å². The molecule has 6 nitrogen and oxygen atoms in total. The summed E-state index contributed by atoms with van der Waals surface area (Å²) in [6, 6.07) is 13.9. The van der Waals surface area contributed by atoms with Crippen LogP contribution in [0.3, 0.4) is 0 Å². The number of nitrogens with one attached hydrogen (secondary N) is 1. The second kappa shape index (κ2) is 7.06. The van der Waals surface area contributed by atoms with Crippen molar-refractivity contribution in [2.45, 2.75) is 6.04 Å².